The van der Waals surface area contributed by atoms with Crippen LogP contribution in [0.5, 0.6) is 0 Å². The lowest BCUT2D eigenvalue weighted by Gasteiger charge is -2.21. The van der Waals surface area contributed by atoms with Crippen LogP contribution in [0.3, 0.4) is 0 Å². The van der Waals surface area contributed by atoms with Crippen LogP contribution in [0.25, 0.3) is 11.1 Å². The summed E-state index contributed by atoms with van der Waals surface area (Å²) in [4.78, 5) is 37.8. The molecular weight excluding hydrogens is 464 g/mol. The third kappa shape index (κ3) is 5.38. The van der Waals surface area contributed by atoms with Gasteiger partial charge in [0.25, 0.3) is 0 Å². The van der Waals surface area contributed by atoms with Gasteiger partial charge in [-0.2, -0.15) is 0 Å². The molecule has 3 aromatic rings. The highest BCUT2D eigenvalue weighted by Gasteiger charge is 2.31. The van der Waals surface area contributed by atoms with Gasteiger partial charge in [0.1, 0.15) is 12.6 Å². The minimum atomic E-state index is -0.979. The van der Waals surface area contributed by atoms with Crippen molar-refractivity contribution >= 4 is 29.3 Å². The molecule has 0 fully saturated rings. The van der Waals surface area contributed by atoms with Crippen molar-refractivity contribution in [3.05, 3.63) is 82.0 Å². The van der Waals surface area contributed by atoms with Crippen molar-refractivity contribution in [2.75, 3.05) is 13.2 Å². The van der Waals surface area contributed by atoms with Crippen LogP contribution in [0.4, 0.5) is 4.79 Å². The number of benzene rings is 2. The number of carbonyl (C=O) groups is 3. The van der Waals surface area contributed by atoms with E-state index in [1.165, 1.54) is 11.3 Å². The van der Waals surface area contributed by atoms with Crippen molar-refractivity contribution in [3.8, 4) is 11.1 Å². The highest BCUT2D eigenvalue weighted by Crippen LogP contribution is 2.44. The molecule has 8 heteroatoms. The van der Waals surface area contributed by atoms with Crippen LogP contribution < -0.4 is 10.6 Å². The number of carboxylic acid groups (broad SMARTS) is 1. The summed E-state index contributed by atoms with van der Waals surface area (Å²) in [6, 6.07) is 18.7. The number of thiophene rings is 1. The summed E-state index contributed by atoms with van der Waals surface area (Å²) in [7, 11) is 0. The lowest BCUT2D eigenvalue weighted by atomic mass is 9.96. The maximum Gasteiger partial charge on any atom is 0.408 e. The number of amides is 2. The molecule has 1 aromatic heterocycles. The number of hydrogen-bond acceptors (Lipinski definition) is 5. The molecule has 2 aromatic carbocycles. The zero-order valence-electron chi connectivity index (χ0n) is 19.6. The third-order valence-corrected chi connectivity index (χ3v) is 7.25. The van der Waals surface area contributed by atoms with Crippen molar-refractivity contribution in [3.63, 3.8) is 0 Å². The second-order valence-corrected chi connectivity index (χ2v) is 9.83. The number of nitrogens with one attached hydrogen (secondary N) is 2. The Morgan fingerprint density at radius 3 is 2.14 bits per heavy atom. The first-order chi connectivity index (χ1) is 16.9. The molecule has 0 spiro atoms. The zero-order valence-corrected chi connectivity index (χ0v) is 20.4. The average molecular weight is 493 g/mol. The van der Waals surface area contributed by atoms with E-state index in [1.807, 2.05) is 41.8 Å². The Labute approximate surface area is 208 Å². The normalized spacial score (nSPS) is 14.0. The maximum absolute atomic E-state index is 12.9. The van der Waals surface area contributed by atoms with E-state index in [9.17, 15) is 19.5 Å². The first-order valence-corrected chi connectivity index (χ1v) is 12.4. The largest absolute Gasteiger partial charge is 0.481 e. The predicted octanol–water partition coefficient (Wildman–Crippen LogP) is 4.80. The fourth-order valence-corrected chi connectivity index (χ4v) is 5.17. The predicted molar refractivity (Wildman–Crippen MR) is 134 cm³/mol. The van der Waals surface area contributed by atoms with E-state index in [4.69, 9.17) is 4.74 Å². The molecule has 0 bridgehead atoms. The van der Waals surface area contributed by atoms with Gasteiger partial charge >= 0.3 is 12.1 Å². The molecule has 2 unspecified atom stereocenters. The fraction of sp³-hybridized carbons (Fsp3) is 0.296. The highest BCUT2D eigenvalue weighted by atomic mass is 32.1. The Morgan fingerprint density at radius 1 is 0.971 bits per heavy atom. The summed E-state index contributed by atoms with van der Waals surface area (Å²) in [5.74, 6) is -2.42. The minimum absolute atomic E-state index is 0.0277. The monoisotopic (exact) mass is 492 g/mol. The third-order valence-electron chi connectivity index (χ3n) is 6.31. The quantitative estimate of drug-likeness (QED) is 0.398. The first kappa shape index (κ1) is 24.5. The molecule has 1 aliphatic rings. The van der Waals surface area contributed by atoms with Gasteiger partial charge in [0.15, 0.2) is 0 Å². The lowest BCUT2D eigenvalue weighted by Crippen LogP contribution is -2.43. The summed E-state index contributed by atoms with van der Waals surface area (Å²) in [5.41, 5.74) is 4.46. The van der Waals surface area contributed by atoms with Gasteiger partial charge < -0.3 is 20.5 Å². The molecule has 7 nitrogen and oxygen atoms in total. The summed E-state index contributed by atoms with van der Waals surface area (Å²) in [5, 5.41) is 16.5. The summed E-state index contributed by atoms with van der Waals surface area (Å²) >= 11 is 1.33. The number of hydrogen-bond donors (Lipinski definition) is 3. The van der Waals surface area contributed by atoms with Gasteiger partial charge in [-0.1, -0.05) is 68.4 Å². The van der Waals surface area contributed by atoms with Crippen molar-refractivity contribution in [2.45, 2.75) is 25.8 Å². The molecule has 3 N–H and O–H groups in total. The van der Waals surface area contributed by atoms with E-state index in [0.29, 0.717) is 4.88 Å². The molecule has 1 heterocycles. The van der Waals surface area contributed by atoms with Crippen LogP contribution in [0.2, 0.25) is 0 Å². The van der Waals surface area contributed by atoms with E-state index in [-0.39, 0.29) is 25.0 Å². The van der Waals surface area contributed by atoms with Crippen LogP contribution in [0.15, 0.2) is 66.0 Å². The summed E-state index contributed by atoms with van der Waals surface area (Å²) < 4.78 is 5.60. The number of rotatable bonds is 9. The Balaban J connectivity index is 1.43. The number of aliphatic carboxylic acids is 1. The van der Waals surface area contributed by atoms with E-state index >= 15 is 0 Å². The highest BCUT2D eigenvalue weighted by molar-refractivity contribution is 7.10. The lowest BCUT2D eigenvalue weighted by molar-refractivity contribution is -0.143. The molecule has 0 aliphatic heterocycles. The Morgan fingerprint density at radius 2 is 1.60 bits per heavy atom. The molecule has 182 valence electrons. The number of ether oxygens (including phenoxy) is 1. The molecule has 0 radical (unpaired) electrons. The SMILES string of the molecule is CC(C)C(CNC(=O)C(NC(=O)OCC1c2ccccc2-c2ccccc21)c1cccs1)C(=O)O. The van der Waals surface area contributed by atoms with E-state index in [2.05, 4.69) is 22.8 Å². The van der Waals surface area contributed by atoms with Crippen molar-refractivity contribution in [2.24, 2.45) is 11.8 Å². The number of carbonyl (C=O) groups excluding carboxylic acids is 2. The van der Waals surface area contributed by atoms with Gasteiger partial charge in [0.05, 0.1) is 5.92 Å². The average Bonchev–Trinajstić information content (AvgIpc) is 3.47. The van der Waals surface area contributed by atoms with Gasteiger partial charge in [-0.15, -0.1) is 11.3 Å². The molecule has 0 saturated heterocycles. The van der Waals surface area contributed by atoms with Gasteiger partial charge in [-0.3, -0.25) is 9.59 Å². The summed E-state index contributed by atoms with van der Waals surface area (Å²) in [6.07, 6.45) is -0.709. The molecular formula is C27H28N2O5S. The molecule has 4 rings (SSSR count). The molecule has 35 heavy (non-hydrogen) atoms. The molecule has 1 aliphatic carbocycles. The topological polar surface area (TPSA) is 105 Å². The standard InChI is InChI=1S/C27H28N2O5S/c1-16(2)21(26(31)32)14-28-25(30)24(23-12-7-13-35-23)29-27(33)34-15-22-19-10-5-3-8-17(19)18-9-4-6-11-20(18)22/h3-13,16,21-22,24H,14-15H2,1-2H3,(H,28,30)(H,29,33)(H,31,32). The van der Waals surface area contributed by atoms with Crippen LogP contribution in [0, 0.1) is 11.8 Å². The molecule has 0 saturated carbocycles. The van der Waals surface area contributed by atoms with E-state index < -0.39 is 29.9 Å². The van der Waals surface area contributed by atoms with E-state index in [0.717, 1.165) is 22.3 Å². The second kappa shape index (κ2) is 10.7. The Hall–Kier alpha value is -3.65. The van der Waals surface area contributed by atoms with Crippen LogP contribution in [0.1, 0.15) is 41.8 Å². The first-order valence-electron chi connectivity index (χ1n) is 11.5. The van der Waals surface area contributed by atoms with Gasteiger partial charge in [-0.25, -0.2) is 4.79 Å². The van der Waals surface area contributed by atoms with Crippen LogP contribution in [-0.2, 0) is 14.3 Å². The number of alkyl carbamates (subject to hydrolysis) is 1. The smallest absolute Gasteiger partial charge is 0.408 e. The van der Waals surface area contributed by atoms with Crippen LogP contribution >= 0.6 is 11.3 Å². The van der Waals surface area contributed by atoms with Gasteiger partial charge in [0, 0.05) is 17.3 Å². The van der Waals surface area contributed by atoms with Crippen molar-refractivity contribution in [1.29, 1.82) is 0 Å². The summed E-state index contributed by atoms with van der Waals surface area (Å²) in [6.45, 7) is 3.68. The fourth-order valence-electron chi connectivity index (χ4n) is 4.40. The Bertz CT molecular complexity index is 1160. The zero-order chi connectivity index (χ0) is 24.9. The minimum Gasteiger partial charge on any atom is -0.481 e. The maximum atomic E-state index is 12.9. The van der Waals surface area contributed by atoms with E-state index in [1.54, 1.807) is 26.0 Å². The molecule has 2 amide bonds. The van der Waals surface area contributed by atoms with Crippen LogP contribution in [-0.4, -0.2) is 36.2 Å². The second-order valence-electron chi connectivity index (χ2n) is 8.85. The van der Waals surface area contributed by atoms with Gasteiger partial charge in [0.2, 0.25) is 5.91 Å². The number of carboxylic acids is 1. The van der Waals surface area contributed by atoms with Gasteiger partial charge in [-0.05, 0) is 39.6 Å². The molecule has 2 atom stereocenters. The number of fused-ring (bicyclic) bond motifs is 3. The Kier molecular flexibility index (Phi) is 7.51. The van der Waals surface area contributed by atoms with Crippen molar-refractivity contribution < 1.29 is 24.2 Å². The van der Waals surface area contributed by atoms with Crippen molar-refractivity contribution in [1.82, 2.24) is 10.6 Å².